The fraction of sp³-hybridized carbons (Fsp3) is 0.419. The number of unbranched alkanes of at least 4 members (excludes halogenated alkanes) is 1. The van der Waals surface area contributed by atoms with E-state index in [0.29, 0.717) is 24.3 Å². The second-order valence-corrected chi connectivity index (χ2v) is 11.2. The molecule has 2 aromatic heterocycles. The molecular formula is C31H37N3O4S. The quantitative estimate of drug-likeness (QED) is 0.176. The third-order valence-electron chi connectivity index (χ3n) is 7.64. The van der Waals surface area contributed by atoms with Crippen molar-refractivity contribution in [3.63, 3.8) is 0 Å². The lowest BCUT2D eigenvalue weighted by molar-refractivity contribution is -0.151. The summed E-state index contributed by atoms with van der Waals surface area (Å²) < 4.78 is 14.3. The largest absolute Gasteiger partial charge is 0.494 e. The van der Waals surface area contributed by atoms with Crippen molar-refractivity contribution in [2.75, 3.05) is 44.2 Å². The van der Waals surface area contributed by atoms with Gasteiger partial charge in [0.2, 0.25) is 0 Å². The molecule has 0 saturated carbocycles. The number of carbonyl (C=O) groups excluding carboxylic acids is 1. The number of piperazine rings is 1. The molecule has 0 radical (unpaired) electrons. The average Bonchev–Trinajstić information content (AvgIpc) is 3.45. The van der Waals surface area contributed by atoms with Crippen LogP contribution in [0.15, 0.2) is 64.8 Å². The molecule has 39 heavy (non-hydrogen) atoms. The predicted molar refractivity (Wildman–Crippen MR) is 159 cm³/mol. The lowest BCUT2D eigenvalue weighted by Gasteiger charge is -2.36. The summed E-state index contributed by atoms with van der Waals surface area (Å²) in [6, 6.07) is 17.9. The smallest absolute Gasteiger partial charge is 0.310 e. The number of anilines is 1. The minimum Gasteiger partial charge on any atom is -0.494 e. The Balaban J connectivity index is 1.09. The van der Waals surface area contributed by atoms with Gasteiger partial charge in [-0.1, -0.05) is 19.9 Å². The average molecular weight is 548 g/mol. The molecule has 1 atom stereocenters. The fourth-order valence-electron chi connectivity index (χ4n) is 5.02. The standard InChI is InChI=1S/C31H37N3O4S/c1-3-23(2)31(36)38-22-34-28-21-25(11-9-24(28)10-12-30(34)35)37-19-5-4-14-32-15-17-33(18-16-32)27-7-6-8-29-26(27)13-20-39-29/h6-13,20-21,23H,3-5,14-19,22H2,1-2H3. The summed E-state index contributed by atoms with van der Waals surface area (Å²) in [6.07, 6.45) is 2.73. The molecule has 0 bridgehead atoms. The number of benzene rings is 2. The number of thiophene rings is 1. The van der Waals surface area contributed by atoms with E-state index in [0.717, 1.165) is 51.0 Å². The SMILES string of the molecule is CCC(C)C(=O)OCn1c(=O)ccc2ccc(OCCCCN3CCN(c4cccc5sccc45)CC3)cc21. The van der Waals surface area contributed by atoms with E-state index >= 15 is 0 Å². The van der Waals surface area contributed by atoms with Crippen LogP contribution >= 0.6 is 11.3 Å². The van der Waals surface area contributed by atoms with E-state index in [1.54, 1.807) is 17.4 Å². The zero-order valence-corrected chi connectivity index (χ0v) is 23.6. The van der Waals surface area contributed by atoms with Crippen molar-refractivity contribution in [3.05, 3.63) is 70.3 Å². The van der Waals surface area contributed by atoms with Crippen LogP contribution in [0.5, 0.6) is 5.75 Å². The minimum atomic E-state index is -0.296. The van der Waals surface area contributed by atoms with Gasteiger partial charge in [-0.25, -0.2) is 0 Å². The summed E-state index contributed by atoms with van der Waals surface area (Å²) in [4.78, 5) is 29.7. The highest BCUT2D eigenvalue weighted by Gasteiger charge is 2.18. The number of rotatable bonds is 11. The highest BCUT2D eigenvalue weighted by molar-refractivity contribution is 7.17. The van der Waals surface area contributed by atoms with Crippen molar-refractivity contribution in [1.82, 2.24) is 9.47 Å². The van der Waals surface area contributed by atoms with Gasteiger partial charge in [0.25, 0.3) is 5.56 Å². The van der Waals surface area contributed by atoms with Gasteiger partial charge in [-0.3, -0.25) is 19.1 Å². The Labute approximate surface area is 233 Å². The zero-order valence-electron chi connectivity index (χ0n) is 22.8. The highest BCUT2D eigenvalue weighted by Crippen LogP contribution is 2.31. The van der Waals surface area contributed by atoms with Crippen molar-refractivity contribution in [3.8, 4) is 5.75 Å². The van der Waals surface area contributed by atoms with Gasteiger partial charge in [0.15, 0.2) is 6.73 Å². The molecule has 3 heterocycles. The van der Waals surface area contributed by atoms with Gasteiger partial charge in [-0.15, -0.1) is 11.3 Å². The molecule has 4 aromatic rings. The number of hydrogen-bond donors (Lipinski definition) is 0. The van der Waals surface area contributed by atoms with E-state index in [-0.39, 0.29) is 24.2 Å². The lowest BCUT2D eigenvalue weighted by atomic mass is 10.1. The van der Waals surface area contributed by atoms with E-state index in [1.165, 1.54) is 26.4 Å². The summed E-state index contributed by atoms with van der Waals surface area (Å²) >= 11 is 1.80. The van der Waals surface area contributed by atoms with Gasteiger partial charge in [0.05, 0.1) is 18.0 Å². The van der Waals surface area contributed by atoms with E-state index in [9.17, 15) is 9.59 Å². The number of hydrogen-bond acceptors (Lipinski definition) is 7. The summed E-state index contributed by atoms with van der Waals surface area (Å²) in [5.74, 6) is 0.223. The molecule has 1 unspecified atom stereocenters. The number of carbonyl (C=O) groups is 1. The van der Waals surface area contributed by atoms with E-state index in [2.05, 4.69) is 39.4 Å². The Kier molecular flexibility index (Phi) is 8.84. The summed E-state index contributed by atoms with van der Waals surface area (Å²) in [7, 11) is 0. The number of aromatic nitrogens is 1. The summed E-state index contributed by atoms with van der Waals surface area (Å²) in [6.45, 7) is 9.60. The van der Waals surface area contributed by atoms with E-state index in [4.69, 9.17) is 9.47 Å². The molecule has 8 heteroatoms. The van der Waals surface area contributed by atoms with Crippen LogP contribution in [0.2, 0.25) is 0 Å². The van der Waals surface area contributed by atoms with Crippen LogP contribution in [0.4, 0.5) is 5.69 Å². The second-order valence-electron chi connectivity index (χ2n) is 10.2. The normalized spacial score (nSPS) is 15.1. The van der Waals surface area contributed by atoms with Crippen LogP contribution < -0.4 is 15.2 Å². The molecule has 1 saturated heterocycles. The molecule has 7 nitrogen and oxygen atoms in total. The van der Waals surface area contributed by atoms with Crippen LogP contribution in [0, 0.1) is 5.92 Å². The first-order chi connectivity index (χ1) is 19.0. The van der Waals surface area contributed by atoms with Crippen molar-refractivity contribution in [1.29, 1.82) is 0 Å². The van der Waals surface area contributed by atoms with Crippen LogP contribution in [-0.4, -0.2) is 54.8 Å². The Morgan fingerprint density at radius 3 is 2.67 bits per heavy atom. The molecule has 0 aliphatic carbocycles. The van der Waals surface area contributed by atoms with Crippen LogP contribution in [0.1, 0.15) is 33.1 Å². The van der Waals surface area contributed by atoms with Gasteiger partial charge in [0.1, 0.15) is 5.75 Å². The first-order valence-electron chi connectivity index (χ1n) is 13.9. The Hall–Kier alpha value is -3.36. The number of esters is 1. The first-order valence-corrected chi connectivity index (χ1v) is 14.8. The first kappa shape index (κ1) is 27.2. The number of ether oxygens (including phenoxy) is 2. The van der Waals surface area contributed by atoms with Crippen molar-refractivity contribution < 1.29 is 14.3 Å². The summed E-state index contributed by atoms with van der Waals surface area (Å²) in [5.41, 5.74) is 1.85. The Morgan fingerprint density at radius 1 is 1.03 bits per heavy atom. The molecule has 0 spiro atoms. The van der Waals surface area contributed by atoms with Gasteiger partial charge < -0.3 is 14.4 Å². The maximum absolute atomic E-state index is 12.5. The molecule has 0 N–H and O–H groups in total. The second kappa shape index (κ2) is 12.7. The predicted octanol–water partition coefficient (Wildman–Crippen LogP) is 5.74. The maximum atomic E-state index is 12.5. The van der Waals surface area contributed by atoms with Crippen LogP contribution in [0.3, 0.4) is 0 Å². The van der Waals surface area contributed by atoms with Gasteiger partial charge in [-0.05, 0) is 73.0 Å². The topological polar surface area (TPSA) is 64.0 Å². The molecule has 5 rings (SSSR count). The molecule has 1 aliphatic heterocycles. The highest BCUT2D eigenvalue weighted by atomic mass is 32.1. The zero-order chi connectivity index (χ0) is 27.2. The van der Waals surface area contributed by atoms with E-state index in [1.807, 2.05) is 32.0 Å². The van der Waals surface area contributed by atoms with Gasteiger partial charge in [-0.2, -0.15) is 0 Å². The lowest BCUT2D eigenvalue weighted by Crippen LogP contribution is -2.46. The number of pyridine rings is 1. The fourth-order valence-corrected chi connectivity index (χ4v) is 5.83. The Bertz CT molecular complexity index is 1470. The van der Waals surface area contributed by atoms with Crippen molar-refractivity contribution in [2.45, 2.75) is 39.8 Å². The van der Waals surface area contributed by atoms with Crippen molar-refractivity contribution in [2.24, 2.45) is 5.92 Å². The molecule has 1 fully saturated rings. The minimum absolute atomic E-state index is 0.0987. The Morgan fingerprint density at radius 2 is 1.85 bits per heavy atom. The number of nitrogens with zero attached hydrogens (tertiary/aromatic N) is 3. The molecule has 2 aromatic carbocycles. The monoisotopic (exact) mass is 547 g/mol. The number of fused-ring (bicyclic) bond motifs is 2. The van der Waals surface area contributed by atoms with Crippen LogP contribution in [0.25, 0.3) is 21.0 Å². The van der Waals surface area contributed by atoms with Gasteiger partial charge >= 0.3 is 5.97 Å². The molecule has 206 valence electrons. The summed E-state index contributed by atoms with van der Waals surface area (Å²) in [5, 5.41) is 4.44. The molecule has 0 amide bonds. The molecular weight excluding hydrogens is 510 g/mol. The third kappa shape index (κ3) is 6.45. The third-order valence-corrected chi connectivity index (χ3v) is 8.52. The molecule has 1 aliphatic rings. The van der Waals surface area contributed by atoms with Crippen molar-refractivity contribution >= 4 is 44.0 Å². The van der Waals surface area contributed by atoms with E-state index < -0.39 is 0 Å². The van der Waals surface area contributed by atoms with Crippen LogP contribution in [-0.2, 0) is 16.3 Å². The van der Waals surface area contributed by atoms with Gasteiger partial charge in [0, 0.05) is 54.1 Å². The maximum Gasteiger partial charge on any atom is 0.310 e.